The fourth-order valence-electron chi connectivity index (χ4n) is 3.96. The van der Waals surface area contributed by atoms with Crippen molar-refractivity contribution in [3.05, 3.63) is 60.4 Å². The number of urea groups is 1. The number of carbonyl (C=O) groups excluding carboxylic acids is 1. The fourth-order valence-corrected chi connectivity index (χ4v) is 3.96. The van der Waals surface area contributed by atoms with Gasteiger partial charge >= 0.3 is 6.03 Å². The molecule has 0 aliphatic carbocycles. The van der Waals surface area contributed by atoms with Gasteiger partial charge in [0, 0.05) is 30.6 Å². The first-order valence-corrected chi connectivity index (χ1v) is 11.3. The molecule has 2 aromatic carbocycles. The number of amides is 2. The van der Waals surface area contributed by atoms with Gasteiger partial charge in [-0.3, -0.25) is 0 Å². The van der Waals surface area contributed by atoms with Crippen molar-refractivity contribution in [3.63, 3.8) is 0 Å². The second-order valence-corrected chi connectivity index (χ2v) is 7.95. The minimum atomic E-state index is -0.184. The highest BCUT2D eigenvalue weighted by atomic mass is 16.2. The van der Waals surface area contributed by atoms with E-state index >= 15 is 0 Å². The number of aryl methyl sites for hydroxylation is 2. The third-order valence-corrected chi connectivity index (χ3v) is 5.57. The van der Waals surface area contributed by atoms with E-state index in [2.05, 4.69) is 33.2 Å². The lowest BCUT2D eigenvalue weighted by Crippen LogP contribution is -2.29. The lowest BCUT2D eigenvalue weighted by atomic mass is 10.2. The first-order chi connectivity index (χ1) is 15.7. The Hall–Kier alpha value is -3.61. The molecule has 7 heteroatoms. The standard InChI is InChI=1S/C25H30N6O/c1-2-3-17-31-21(15-9-10-16-27-25(32)28-18-11-5-4-6-12-18)30-22-23(31)19-13-7-8-14-20(19)29-24(22)26/h4-8,11-14H,2-3,9-10,15-17H2,1H3,(H2,26,29)(H2,27,28,32). The van der Waals surface area contributed by atoms with Crippen LogP contribution < -0.4 is 16.4 Å². The van der Waals surface area contributed by atoms with Crippen molar-refractivity contribution in [1.29, 1.82) is 0 Å². The number of benzene rings is 2. The number of nitrogens with zero attached hydrogens (tertiary/aromatic N) is 3. The molecule has 0 aliphatic heterocycles. The molecule has 4 aromatic rings. The number of hydrogen-bond donors (Lipinski definition) is 3. The average Bonchev–Trinajstić information content (AvgIpc) is 3.17. The summed E-state index contributed by atoms with van der Waals surface area (Å²) < 4.78 is 2.31. The predicted molar refractivity (Wildman–Crippen MR) is 131 cm³/mol. The number of nitrogens with one attached hydrogen (secondary N) is 2. The summed E-state index contributed by atoms with van der Waals surface area (Å²) in [5.41, 5.74) is 9.82. The van der Waals surface area contributed by atoms with Crippen LogP contribution in [0.25, 0.3) is 21.9 Å². The summed E-state index contributed by atoms with van der Waals surface area (Å²) in [5, 5.41) is 6.84. The highest BCUT2D eigenvalue weighted by Gasteiger charge is 2.16. The molecule has 32 heavy (non-hydrogen) atoms. The van der Waals surface area contributed by atoms with Crippen LogP contribution in [0, 0.1) is 0 Å². The molecule has 2 amide bonds. The van der Waals surface area contributed by atoms with Gasteiger partial charge in [-0.15, -0.1) is 0 Å². The van der Waals surface area contributed by atoms with Crippen LogP contribution >= 0.6 is 0 Å². The molecule has 166 valence electrons. The number of unbranched alkanes of at least 4 members (excludes halogenated alkanes) is 2. The third-order valence-electron chi connectivity index (χ3n) is 5.57. The number of fused-ring (bicyclic) bond motifs is 3. The smallest absolute Gasteiger partial charge is 0.319 e. The van der Waals surface area contributed by atoms with E-state index in [1.165, 1.54) is 0 Å². The zero-order valence-corrected chi connectivity index (χ0v) is 18.5. The SMILES string of the molecule is CCCCn1c(CCCCNC(=O)Nc2ccccc2)nc2c(N)nc3ccccc3c21. The van der Waals surface area contributed by atoms with Gasteiger partial charge < -0.3 is 20.9 Å². The summed E-state index contributed by atoms with van der Waals surface area (Å²) in [5.74, 6) is 1.52. The average molecular weight is 431 g/mol. The van der Waals surface area contributed by atoms with Crippen LogP contribution in [0.1, 0.15) is 38.4 Å². The van der Waals surface area contributed by atoms with E-state index in [0.717, 1.165) is 72.1 Å². The minimum Gasteiger partial charge on any atom is -0.382 e. The number of para-hydroxylation sites is 2. The molecule has 4 N–H and O–H groups in total. The van der Waals surface area contributed by atoms with Gasteiger partial charge in [-0.2, -0.15) is 0 Å². The number of pyridine rings is 1. The number of anilines is 2. The Labute approximate surface area is 188 Å². The number of nitrogens with two attached hydrogens (primary N) is 1. The Balaban J connectivity index is 1.43. The monoisotopic (exact) mass is 430 g/mol. The predicted octanol–water partition coefficient (Wildman–Crippen LogP) is 5.11. The molecule has 4 rings (SSSR count). The van der Waals surface area contributed by atoms with E-state index < -0.39 is 0 Å². The Bertz CT molecular complexity index is 1200. The molecule has 0 unspecified atom stereocenters. The second kappa shape index (κ2) is 10.1. The maximum Gasteiger partial charge on any atom is 0.319 e. The van der Waals surface area contributed by atoms with Crippen LogP contribution in [-0.2, 0) is 13.0 Å². The molecule has 0 saturated heterocycles. The largest absolute Gasteiger partial charge is 0.382 e. The van der Waals surface area contributed by atoms with Crippen molar-refractivity contribution in [2.24, 2.45) is 0 Å². The number of rotatable bonds is 9. The zero-order valence-electron chi connectivity index (χ0n) is 18.5. The lowest BCUT2D eigenvalue weighted by molar-refractivity contribution is 0.252. The second-order valence-electron chi connectivity index (χ2n) is 7.95. The van der Waals surface area contributed by atoms with E-state index in [1.807, 2.05) is 48.5 Å². The highest BCUT2D eigenvalue weighted by molar-refractivity contribution is 6.06. The van der Waals surface area contributed by atoms with Gasteiger partial charge in [0.25, 0.3) is 0 Å². The molecule has 0 spiro atoms. The zero-order chi connectivity index (χ0) is 22.3. The molecule has 0 fully saturated rings. The van der Waals surface area contributed by atoms with E-state index in [4.69, 9.17) is 10.7 Å². The van der Waals surface area contributed by atoms with Crippen molar-refractivity contribution < 1.29 is 4.79 Å². The quantitative estimate of drug-likeness (QED) is 0.321. The Kier molecular flexibility index (Phi) is 6.84. The summed E-state index contributed by atoms with van der Waals surface area (Å²) in [7, 11) is 0. The van der Waals surface area contributed by atoms with Crippen molar-refractivity contribution in [1.82, 2.24) is 19.9 Å². The number of hydrogen-bond acceptors (Lipinski definition) is 4. The summed E-state index contributed by atoms with van der Waals surface area (Å²) in [6.07, 6.45) is 4.81. The van der Waals surface area contributed by atoms with E-state index in [-0.39, 0.29) is 6.03 Å². The molecule has 0 aliphatic rings. The Morgan fingerprint density at radius 3 is 2.59 bits per heavy atom. The van der Waals surface area contributed by atoms with Gasteiger partial charge in [0.15, 0.2) is 5.82 Å². The Morgan fingerprint density at radius 2 is 1.78 bits per heavy atom. The van der Waals surface area contributed by atoms with Gasteiger partial charge in [-0.25, -0.2) is 14.8 Å². The van der Waals surface area contributed by atoms with Crippen molar-refractivity contribution in [2.75, 3.05) is 17.6 Å². The van der Waals surface area contributed by atoms with Gasteiger partial charge in [-0.05, 0) is 37.5 Å². The number of carbonyl (C=O) groups is 1. The van der Waals surface area contributed by atoms with Crippen LogP contribution in [0.4, 0.5) is 16.3 Å². The summed E-state index contributed by atoms with van der Waals surface area (Å²) >= 11 is 0. The van der Waals surface area contributed by atoms with Crippen LogP contribution in [0.5, 0.6) is 0 Å². The molecule has 0 bridgehead atoms. The summed E-state index contributed by atoms with van der Waals surface area (Å²) in [6, 6.07) is 17.4. The molecular formula is C25H30N6O. The van der Waals surface area contributed by atoms with Gasteiger partial charge in [0.1, 0.15) is 11.3 Å². The van der Waals surface area contributed by atoms with Gasteiger partial charge in [0.2, 0.25) is 0 Å². The number of imidazole rings is 1. The van der Waals surface area contributed by atoms with Crippen molar-refractivity contribution in [2.45, 2.75) is 45.6 Å². The Morgan fingerprint density at radius 1 is 1.00 bits per heavy atom. The molecule has 0 atom stereocenters. The number of nitrogen functional groups attached to an aromatic ring is 1. The molecule has 0 radical (unpaired) electrons. The van der Waals surface area contributed by atoms with Crippen LogP contribution in [-0.4, -0.2) is 27.1 Å². The lowest BCUT2D eigenvalue weighted by Gasteiger charge is -2.11. The topological polar surface area (TPSA) is 97.9 Å². The maximum absolute atomic E-state index is 12.0. The van der Waals surface area contributed by atoms with Gasteiger partial charge in [-0.1, -0.05) is 49.7 Å². The summed E-state index contributed by atoms with van der Waals surface area (Å²) in [6.45, 7) is 3.72. The van der Waals surface area contributed by atoms with E-state index in [0.29, 0.717) is 12.4 Å². The third kappa shape index (κ3) is 4.82. The van der Waals surface area contributed by atoms with Crippen molar-refractivity contribution in [3.8, 4) is 0 Å². The molecular weight excluding hydrogens is 400 g/mol. The summed E-state index contributed by atoms with van der Waals surface area (Å²) in [4.78, 5) is 21.5. The normalized spacial score (nSPS) is 11.2. The number of aromatic nitrogens is 3. The fraction of sp³-hybridized carbons (Fsp3) is 0.320. The highest BCUT2D eigenvalue weighted by Crippen LogP contribution is 2.29. The van der Waals surface area contributed by atoms with Crippen molar-refractivity contribution >= 4 is 39.5 Å². The van der Waals surface area contributed by atoms with Gasteiger partial charge in [0.05, 0.1) is 11.0 Å². The van der Waals surface area contributed by atoms with E-state index in [1.54, 1.807) is 0 Å². The maximum atomic E-state index is 12.0. The molecule has 7 nitrogen and oxygen atoms in total. The molecule has 2 aromatic heterocycles. The molecule has 2 heterocycles. The van der Waals surface area contributed by atoms with E-state index in [9.17, 15) is 4.79 Å². The first-order valence-electron chi connectivity index (χ1n) is 11.3. The van der Waals surface area contributed by atoms with Crippen LogP contribution in [0.3, 0.4) is 0 Å². The van der Waals surface area contributed by atoms with Crippen LogP contribution in [0.15, 0.2) is 54.6 Å². The van der Waals surface area contributed by atoms with Crippen LogP contribution in [0.2, 0.25) is 0 Å². The first kappa shape index (κ1) is 21.6. The molecule has 0 saturated carbocycles. The minimum absolute atomic E-state index is 0.184.